The fourth-order valence-corrected chi connectivity index (χ4v) is 8.76. The highest BCUT2D eigenvalue weighted by molar-refractivity contribution is 7.89. The van der Waals surface area contributed by atoms with Crippen LogP contribution in [0.2, 0.25) is 0 Å². The molecule has 1 amide bonds. The van der Waals surface area contributed by atoms with Crippen LogP contribution in [-0.2, 0) is 24.3 Å². The van der Waals surface area contributed by atoms with Crippen molar-refractivity contribution >= 4 is 28.1 Å². The zero-order valence-electron chi connectivity index (χ0n) is 25.7. The number of rotatable bonds is 7. The smallest absolute Gasteiger partial charge is 0.403 e. The second-order valence-electron chi connectivity index (χ2n) is 11.8. The van der Waals surface area contributed by atoms with Crippen molar-refractivity contribution in [2.24, 2.45) is 0 Å². The molecule has 16 heteroatoms. The van der Waals surface area contributed by atoms with Gasteiger partial charge in [0, 0.05) is 23.7 Å². The summed E-state index contributed by atoms with van der Waals surface area (Å²) in [5.41, 5.74) is 3.31. The Morgan fingerprint density at radius 1 is 1.02 bits per heavy atom. The Bertz CT molecular complexity index is 1700. The van der Waals surface area contributed by atoms with Crippen molar-refractivity contribution in [2.75, 3.05) is 32.7 Å². The number of carbonyl (C=O) groups excluding carboxylic acids is 2. The van der Waals surface area contributed by atoms with Crippen LogP contribution in [-0.4, -0.2) is 91.5 Å². The number of benzene rings is 1. The molecule has 1 unspecified atom stereocenters. The Hall–Kier alpha value is -3.76. The molecule has 4 atom stereocenters. The second kappa shape index (κ2) is 11.6. The number of quaternary nitrogens is 1. The van der Waals surface area contributed by atoms with E-state index in [1.807, 2.05) is 25.1 Å². The van der Waals surface area contributed by atoms with Gasteiger partial charge in [-0.3, -0.25) is 4.79 Å². The van der Waals surface area contributed by atoms with Crippen LogP contribution in [0.25, 0.3) is 0 Å². The first-order valence-corrected chi connectivity index (χ1v) is 15.7. The lowest BCUT2D eigenvalue weighted by Gasteiger charge is -2.53. The van der Waals surface area contributed by atoms with Crippen LogP contribution in [0.5, 0.6) is 0 Å². The van der Waals surface area contributed by atoms with E-state index in [4.69, 9.17) is 13.8 Å². The molecular weight excluding hydrogens is 619 g/mol. The first kappa shape index (κ1) is 32.6. The van der Waals surface area contributed by atoms with Gasteiger partial charge in [-0.15, -0.1) is 0 Å². The van der Waals surface area contributed by atoms with Gasteiger partial charge >= 0.3 is 12.1 Å². The Kier molecular flexibility index (Phi) is 8.38. The van der Waals surface area contributed by atoms with E-state index in [-0.39, 0.29) is 53.6 Å². The summed E-state index contributed by atoms with van der Waals surface area (Å²) in [6.07, 6.45) is -6.34. The summed E-state index contributed by atoms with van der Waals surface area (Å²) in [6, 6.07) is 4.67. The van der Waals surface area contributed by atoms with Crippen molar-refractivity contribution in [3.05, 3.63) is 57.8 Å². The molecule has 0 aliphatic carbocycles. The summed E-state index contributed by atoms with van der Waals surface area (Å²) in [4.78, 5) is 25.6. The maximum atomic E-state index is 14.2. The van der Waals surface area contributed by atoms with Crippen LogP contribution in [0, 0.1) is 41.5 Å². The standard InChI is InChI=1S/C29H35F3N5O7S/c1-16-7-8-17(2)23(11-16)37(10-9-35(15-38)14-25(37)42-28(39)29(30,31)32)24-13-36(12-22(24)26-18(3)33-43-20(26)5)45(40,41)27-19(4)34-44-21(27)6/h7-8,11,15,22,24-25H,9-10,12-14H2,1-6H3/q+1/t22-,24-,25?,37-/m0/s1. The van der Waals surface area contributed by atoms with Crippen LogP contribution in [0.15, 0.2) is 32.1 Å². The van der Waals surface area contributed by atoms with E-state index in [1.54, 1.807) is 20.8 Å². The number of esters is 1. The number of aromatic nitrogens is 2. The van der Waals surface area contributed by atoms with Crippen LogP contribution >= 0.6 is 0 Å². The SMILES string of the molecule is Cc1ccc(C)c([N@+]2([C@H]3CN(S(=O)(=O)c4c(C)noc4C)C[C@@H]3c3c(C)noc3C)CCN(C=O)CC2OC(=O)C(F)(F)F)c1. The lowest BCUT2D eigenvalue weighted by molar-refractivity contribution is -0.217. The number of aryl methyl sites for hydroxylation is 6. The molecule has 0 bridgehead atoms. The molecule has 0 spiro atoms. The normalized spacial score (nSPS) is 24.6. The molecule has 5 rings (SSSR count). The van der Waals surface area contributed by atoms with E-state index in [0.717, 1.165) is 5.56 Å². The minimum absolute atomic E-state index is 0.0303. The fourth-order valence-electron chi connectivity index (χ4n) is 6.98. The van der Waals surface area contributed by atoms with Gasteiger partial charge in [0.1, 0.15) is 41.2 Å². The molecule has 244 valence electrons. The highest BCUT2D eigenvalue weighted by atomic mass is 32.2. The molecule has 4 heterocycles. The Balaban J connectivity index is 1.77. The number of piperazine rings is 1. The van der Waals surface area contributed by atoms with Gasteiger partial charge in [0.25, 0.3) is 6.23 Å². The fraction of sp³-hybridized carbons (Fsp3) is 0.517. The molecular formula is C29H35F3N5O7S+. The minimum atomic E-state index is -5.31. The summed E-state index contributed by atoms with van der Waals surface area (Å²) in [5, 5.41) is 7.91. The van der Waals surface area contributed by atoms with E-state index in [1.165, 1.54) is 23.1 Å². The molecule has 0 N–H and O–H groups in total. The first-order chi connectivity index (χ1) is 21.0. The lowest BCUT2D eigenvalue weighted by atomic mass is 9.88. The van der Waals surface area contributed by atoms with Crippen LogP contribution in [0.3, 0.4) is 0 Å². The number of amides is 1. The number of carbonyl (C=O) groups is 2. The second-order valence-corrected chi connectivity index (χ2v) is 13.7. The van der Waals surface area contributed by atoms with Gasteiger partial charge in [0.2, 0.25) is 16.4 Å². The van der Waals surface area contributed by atoms with Crippen molar-refractivity contribution in [1.82, 2.24) is 24.0 Å². The zero-order chi connectivity index (χ0) is 33.1. The molecule has 3 aromatic rings. The van der Waals surface area contributed by atoms with Crippen LogP contribution in [0.1, 0.15) is 45.5 Å². The molecule has 45 heavy (non-hydrogen) atoms. The molecule has 0 radical (unpaired) electrons. The maximum Gasteiger partial charge on any atom is 0.491 e. The first-order valence-electron chi connectivity index (χ1n) is 14.3. The minimum Gasteiger partial charge on any atom is -0.403 e. The molecule has 2 aliphatic heterocycles. The van der Waals surface area contributed by atoms with E-state index in [2.05, 4.69) is 10.3 Å². The largest absolute Gasteiger partial charge is 0.491 e. The molecule has 12 nitrogen and oxygen atoms in total. The zero-order valence-corrected chi connectivity index (χ0v) is 26.5. The van der Waals surface area contributed by atoms with Gasteiger partial charge in [-0.1, -0.05) is 22.4 Å². The number of alkyl halides is 3. The third-order valence-electron chi connectivity index (χ3n) is 8.97. The quantitative estimate of drug-likeness (QED) is 0.213. The van der Waals surface area contributed by atoms with E-state index in [9.17, 15) is 31.2 Å². The average molecular weight is 655 g/mol. The Morgan fingerprint density at radius 3 is 2.27 bits per heavy atom. The summed E-state index contributed by atoms with van der Waals surface area (Å²) in [6.45, 7) is 9.56. The average Bonchev–Trinajstić information content (AvgIpc) is 3.66. The molecule has 0 saturated carbocycles. The van der Waals surface area contributed by atoms with Crippen LogP contribution < -0.4 is 4.48 Å². The third kappa shape index (κ3) is 5.52. The van der Waals surface area contributed by atoms with Crippen molar-refractivity contribution < 1.29 is 45.0 Å². The van der Waals surface area contributed by atoms with Gasteiger partial charge in [-0.05, 0) is 47.1 Å². The predicted octanol–water partition coefficient (Wildman–Crippen LogP) is 3.58. The number of halogens is 3. The number of ether oxygens (including phenoxy) is 1. The molecule has 2 fully saturated rings. The van der Waals surface area contributed by atoms with Crippen molar-refractivity contribution in [2.45, 2.75) is 70.8 Å². The summed E-state index contributed by atoms with van der Waals surface area (Å²) in [7, 11) is -4.22. The highest BCUT2D eigenvalue weighted by Crippen LogP contribution is 2.47. The maximum absolute atomic E-state index is 14.2. The topological polar surface area (TPSA) is 136 Å². The number of sulfonamides is 1. The molecule has 2 aromatic heterocycles. The lowest BCUT2D eigenvalue weighted by Crippen LogP contribution is -2.73. The van der Waals surface area contributed by atoms with Crippen LogP contribution in [0.4, 0.5) is 18.9 Å². The summed E-state index contributed by atoms with van der Waals surface area (Å²) >= 11 is 0. The number of hydrogen-bond acceptors (Lipinski definition) is 9. The predicted molar refractivity (Wildman–Crippen MR) is 153 cm³/mol. The van der Waals surface area contributed by atoms with Gasteiger partial charge in [0.15, 0.2) is 5.76 Å². The van der Waals surface area contributed by atoms with E-state index < -0.39 is 40.4 Å². The number of hydrogen-bond donors (Lipinski definition) is 0. The van der Waals surface area contributed by atoms with Crippen molar-refractivity contribution in [3.8, 4) is 0 Å². The summed E-state index contributed by atoms with van der Waals surface area (Å²) < 4.78 is 86.4. The molecule has 2 aliphatic rings. The van der Waals surface area contributed by atoms with Crippen molar-refractivity contribution in [3.63, 3.8) is 0 Å². The van der Waals surface area contributed by atoms with E-state index in [0.29, 0.717) is 34.7 Å². The van der Waals surface area contributed by atoms with Gasteiger partial charge in [-0.2, -0.15) is 17.5 Å². The molecule has 1 aromatic carbocycles. The van der Waals surface area contributed by atoms with Crippen molar-refractivity contribution in [1.29, 1.82) is 0 Å². The van der Waals surface area contributed by atoms with Gasteiger partial charge < -0.3 is 18.7 Å². The molecule has 2 saturated heterocycles. The summed E-state index contributed by atoms with van der Waals surface area (Å²) in [5.74, 6) is -2.55. The Morgan fingerprint density at radius 2 is 1.69 bits per heavy atom. The van der Waals surface area contributed by atoms with Gasteiger partial charge in [0.05, 0.1) is 24.7 Å². The highest BCUT2D eigenvalue weighted by Gasteiger charge is 2.61. The number of nitrogens with zero attached hydrogens (tertiary/aromatic N) is 5. The monoisotopic (exact) mass is 654 g/mol. The van der Waals surface area contributed by atoms with E-state index >= 15 is 0 Å². The Labute approximate surface area is 258 Å². The third-order valence-corrected chi connectivity index (χ3v) is 11.0. The van der Waals surface area contributed by atoms with Gasteiger partial charge in [-0.25, -0.2) is 17.7 Å².